The van der Waals surface area contributed by atoms with Gasteiger partial charge in [0.05, 0.1) is 0 Å². The third-order valence-electron chi connectivity index (χ3n) is 4.85. The van der Waals surface area contributed by atoms with Crippen molar-refractivity contribution in [3.05, 3.63) is 41.7 Å². The second-order valence-electron chi connectivity index (χ2n) is 8.61. The Kier molecular flexibility index (Phi) is 9.03. The minimum Gasteiger partial charge on any atom is -0.444 e. The Balaban J connectivity index is 1.63. The third-order valence-corrected chi connectivity index (χ3v) is 4.85. The number of piperidine rings is 1. The maximum Gasteiger partial charge on any atom is 0.407 e. The van der Waals surface area contributed by atoms with Crippen LogP contribution >= 0.6 is 0 Å². The zero-order chi connectivity index (χ0) is 22.9. The number of hydrogen-bond acceptors (Lipinski definition) is 4. The van der Waals surface area contributed by atoms with Crippen LogP contribution < -0.4 is 10.6 Å². The molecular formula is C23H32FN3O4. The predicted octanol–water partition coefficient (Wildman–Crippen LogP) is 3.11. The monoisotopic (exact) mass is 433 g/mol. The fourth-order valence-corrected chi connectivity index (χ4v) is 3.17. The second-order valence-corrected chi connectivity index (χ2v) is 8.61. The van der Waals surface area contributed by atoms with Gasteiger partial charge in [0, 0.05) is 44.2 Å². The average Bonchev–Trinajstić information content (AvgIpc) is 2.70. The van der Waals surface area contributed by atoms with Gasteiger partial charge >= 0.3 is 6.09 Å². The summed E-state index contributed by atoms with van der Waals surface area (Å²) in [5, 5.41) is 5.44. The van der Waals surface area contributed by atoms with Crippen molar-refractivity contribution >= 4 is 24.0 Å². The van der Waals surface area contributed by atoms with E-state index >= 15 is 0 Å². The Morgan fingerprint density at radius 3 is 2.48 bits per heavy atom. The zero-order valence-corrected chi connectivity index (χ0v) is 18.4. The van der Waals surface area contributed by atoms with Crippen molar-refractivity contribution in [2.24, 2.45) is 5.92 Å². The highest BCUT2D eigenvalue weighted by atomic mass is 19.1. The van der Waals surface area contributed by atoms with Crippen molar-refractivity contribution in [2.75, 3.05) is 26.2 Å². The lowest BCUT2D eigenvalue weighted by Gasteiger charge is -2.31. The van der Waals surface area contributed by atoms with E-state index in [-0.39, 0.29) is 30.6 Å². The van der Waals surface area contributed by atoms with Crippen LogP contribution in [-0.4, -0.2) is 54.6 Å². The van der Waals surface area contributed by atoms with Crippen LogP contribution in [0.1, 0.15) is 45.6 Å². The van der Waals surface area contributed by atoms with Gasteiger partial charge in [-0.1, -0.05) is 18.2 Å². The molecule has 3 amide bonds. The van der Waals surface area contributed by atoms with E-state index in [1.807, 2.05) is 0 Å². The van der Waals surface area contributed by atoms with E-state index in [4.69, 9.17) is 4.74 Å². The van der Waals surface area contributed by atoms with Gasteiger partial charge in [0.15, 0.2) is 0 Å². The molecule has 0 atom stereocenters. The Morgan fingerprint density at radius 2 is 1.84 bits per heavy atom. The molecule has 8 heteroatoms. The Hall–Kier alpha value is -2.90. The van der Waals surface area contributed by atoms with Crippen molar-refractivity contribution in [1.29, 1.82) is 0 Å². The molecule has 1 aliphatic rings. The summed E-state index contributed by atoms with van der Waals surface area (Å²) in [6, 6.07) is 6.31. The number of rotatable bonds is 7. The highest BCUT2D eigenvalue weighted by molar-refractivity contribution is 5.91. The number of nitrogens with zero attached hydrogens (tertiary/aromatic N) is 1. The summed E-state index contributed by atoms with van der Waals surface area (Å²) in [7, 11) is 0. The molecule has 1 heterocycles. The molecule has 1 aromatic rings. The van der Waals surface area contributed by atoms with Gasteiger partial charge in [-0.15, -0.1) is 0 Å². The van der Waals surface area contributed by atoms with Gasteiger partial charge in [0.2, 0.25) is 11.8 Å². The van der Waals surface area contributed by atoms with E-state index in [0.29, 0.717) is 31.1 Å². The van der Waals surface area contributed by atoms with Gasteiger partial charge < -0.3 is 20.3 Å². The summed E-state index contributed by atoms with van der Waals surface area (Å²) >= 11 is 0. The molecule has 0 bridgehead atoms. The van der Waals surface area contributed by atoms with Crippen molar-refractivity contribution in [2.45, 2.75) is 45.6 Å². The molecule has 1 fully saturated rings. The second kappa shape index (κ2) is 11.5. The van der Waals surface area contributed by atoms with Gasteiger partial charge in [-0.2, -0.15) is 0 Å². The summed E-state index contributed by atoms with van der Waals surface area (Å²) in [5.41, 5.74) is -0.189. The van der Waals surface area contributed by atoms with Crippen LogP contribution in [0.2, 0.25) is 0 Å². The number of carbonyl (C=O) groups is 3. The van der Waals surface area contributed by atoms with E-state index in [1.54, 1.807) is 43.9 Å². The van der Waals surface area contributed by atoms with Gasteiger partial charge in [0.1, 0.15) is 11.4 Å². The lowest BCUT2D eigenvalue weighted by Crippen LogP contribution is -2.41. The first kappa shape index (κ1) is 24.4. The van der Waals surface area contributed by atoms with Crippen molar-refractivity contribution < 1.29 is 23.5 Å². The van der Waals surface area contributed by atoms with Crippen LogP contribution in [0.4, 0.5) is 9.18 Å². The van der Waals surface area contributed by atoms with E-state index in [2.05, 4.69) is 10.6 Å². The summed E-state index contributed by atoms with van der Waals surface area (Å²) in [5.74, 6) is -0.342. The predicted molar refractivity (Wildman–Crippen MR) is 117 cm³/mol. The quantitative estimate of drug-likeness (QED) is 0.647. The van der Waals surface area contributed by atoms with E-state index in [0.717, 1.165) is 12.8 Å². The molecule has 0 aromatic heterocycles. The SMILES string of the molecule is CC(C)(C)OC(=O)NCCC(=O)NCC1CCN(C(=O)/C=C/c2ccccc2F)CC1. The third kappa shape index (κ3) is 9.19. The molecule has 1 aromatic carbocycles. The zero-order valence-electron chi connectivity index (χ0n) is 18.4. The first-order valence-corrected chi connectivity index (χ1v) is 10.6. The number of ether oxygens (including phenoxy) is 1. The smallest absolute Gasteiger partial charge is 0.407 e. The molecule has 0 spiro atoms. The molecule has 1 saturated heterocycles. The molecule has 0 unspecified atom stereocenters. The minimum absolute atomic E-state index is 0.137. The number of amides is 3. The van der Waals surface area contributed by atoms with Crippen LogP contribution in [0.3, 0.4) is 0 Å². The average molecular weight is 434 g/mol. The molecule has 1 aliphatic heterocycles. The van der Waals surface area contributed by atoms with Gasteiger partial charge in [-0.25, -0.2) is 9.18 Å². The topological polar surface area (TPSA) is 87.7 Å². The van der Waals surface area contributed by atoms with Gasteiger partial charge in [-0.3, -0.25) is 9.59 Å². The molecule has 0 aliphatic carbocycles. The highest BCUT2D eigenvalue weighted by Crippen LogP contribution is 2.17. The fraction of sp³-hybridized carbons (Fsp3) is 0.522. The van der Waals surface area contributed by atoms with Crippen LogP contribution in [0.15, 0.2) is 30.3 Å². The van der Waals surface area contributed by atoms with Crippen LogP contribution in [-0.2, 0) is 14.3 Å². The first-order valence-electron chi connectivity index (χ1n) is 10.6. The Labute approximate surface area is 183 Å². The van der Waals surface area contributed by atoms with E-state index in [9.17, 15) is 18.8 Å². The standard InChI is InChI=1S/C23H32FN3O4/c1-23(2,3)31-22(30)25-13-10-20(28)26-16-17-11-14-27(15-12-17)21(29)9-8-18-6-4-5-7-19(18)24/h4-9,17H,10-16H2,1-3H3,(H,25,30)(H,26,28)/b9-8+. The lowest BCUT2D eigenvalue weighted by molar-refractivity contribution is -0.127. The highest BCUT2D eigenvalue weighted by Gasteiger charge is 2.22. The molecule has 0 radical (unpaired) electrons. The summed E-state index contributed by atoms with van der Waals surface area (Å²) in [4.78, 5) is 37.6. The molecular weight excluding hydrogens is 401 g/mol. The molecule has 0 saturated carbocycles. The van der Waals surface area contributed by atoms with Gasteiger partial charge in [-0.05, 0) is 51.7 Å². The van der Waals surface area contributed by atoms with Crippen molar-refractivity contribution in [3.63, 3.8) is 0 Å². The van der Waals surface area contributed by atoms with Gasteiger partial charge in [0.25, 0.3) is 0 Å². The van der Waals surface area contributed by atoms with Crippen LogP contribution in [0.25, 0.3) is 6.08 Å². The maximum atomic E-state index is 13.6. The molecule has 2 N–H and O–H groups in total. The molecule has 7 nitrogen and oxygen atoms in total. The number of nitrogens with one attached hydrogen (secondary N) is 2. The summed E-state index contributed by atoms with van der Waals surface area (Å²) in [6.45, 7) is 7.27. The number of benzene rings is 1. The van der Waals surface area contributed by atoms with Crippen LogP contribution in [0.5, 0.6) is 0 Å². The minimum atomic E-state index is -0.573. The number of carbonyl (C=O) groups excluding carboxylic acids is 3. The summed E-state index contributed by atoms with van der Waals surface area (Å²) < 4.78 is 18.7. The van der Waals surface area contributed by atoms with Crippen LogP contribution in [0, 0.1) is 11.7 Å². The normalized spacial score (nSPS) is 15.0. The van der Waals surface area contributed by atoms with Crippen molar-refractivity contribution in [1.82, 2.24) is 15.5 Å². The maximum absolute atomic E-state index is 13.6. The van der Waals surface area contributed by atoms with E-state index in [1.165, 1.54) is 18.2 Å². The molecule has 2 rings (SSSR count). The Morgan fingerprint density at radius 1 is 1.16 bits per heavy atom. The number of halogens is 1. The summed E-state index contributed by atoms with van der Waals surface area (Å²) in [6.07, 6.45) is 4.11. The molecule has 170 valence electrons. The molecule has 31 heavy (non-hydrogen) atoms. The Bertz CT molecular complexity index is 796. The van der Waals surface area contributed by atoms with Crippen molar-refractivity contribution in [3.8, 4) is 0 Å². The van der Waals surface area contributed by atoms with E-state index < -0.39 is 11.7 Å². The largest absolute Gasteiger partial charge is 0.444 e. The lowest BCUT2D eigenvalue weighted by atomic mass is 9.96. The number of alkyl carbamates (subject to hydrolysis) is 1. The number of hydrogen-bond donors (Lipinski definition) is 2. The fourth-order valence-electron chi connectivity index (χ4n) is 3.17. The first-order chi connectivity index (χ1) is 14.6. The number of likely N-dealkylation sites (tertiary alicyclic amines) is 1.